The van der Waals surface area contributed by atoms with E-state index in [-0.39, 0.29) is 12.4 Å². The normalized spacial score (nSPS) is 9.70. The number of esters is 2. The van der Waals surface area contributed by atoms with E-state index in [0.29, 0.717) is 5.69 Å². The molecule has 1 aromatic carbocycles. The van der Waals surface area contributed by atoms with Gasteiger partial charge in [-0.05, 0) is 18.2 Å². The van der Waals surface area contributed by atoms with Crippen molar-refractivity contribution in [1.29, 1.82) is 0 Å². The van der Waals surface area contributed by atoms with E-state index in [1.54, 1.807) is 6.07 Å². The lowest BCUT2D eigenvalue weighted by molar-refractivity contribution is -0.139. The fraction of sp³-hybridized carbons (Fsp3) is 0.200. The van der Waals surface area contributed by atoms with Crippen LogP contribution in [0.4, 0.5) is 0 Å². The highest BCUT2D eigenvalue weighted by molar-refractivity contribution is 5.95. The van der Waals surface area contributed by atoms with Gasteiger partial charge in [0.15, 0.2) is 0 Å². The molecule has 0 fully saturated rings. The number of hydrogen-bond acceptors (Lipinski definition) is 4. The first-order valence-corrected chi connectivity index (χ1v) is 5.91. The highest BCUT2D eigenvalue weighted by Crippen LogP contribution is 2.17. The van der Waals surface area contributed by atoms with Crippen LogP contribution in [-0.2, 0) is 14.3 Å². The van der Waals surface area contributed by atoms with E-state index in [0.717, 1.165) is 16.5 Å². The summed E-state index contributed by atoms with van der Waals surface area (Å²) >= 11 is 0. The molecule has 0 aliphatic heterocycles. The van der Waals surface area contributed by atoms with Gasteiger partial charge in [0.2, 0.25) is 0 Å². The Kier molecular flexibility index (Phi) is 4.06. The summed E-state index contributed by atoms with van der Waals surface area (Å²) in [5, 5.41) is 0.893. The first kappa shape index (κ1) is 13.7. The second kappa shape index (κ2) is 5.93. The van der Waals surface area contributed by atoms with Gasteiger partial charge in [0.05, 0.1) is 14.2 Å². The van der Waals surface area contributed by atoms with Crippen LogP contribution >= 0.6 is 0 Å². The lowest BCUT2D eigenvalue weighted by atomic mass is 10.1. The molecule has 1 N–H and O–H groups in total. The van der Waals surface area contributed by atoms with Gasteiger partial charge in [0, 0.05) is 16.5 Å². The highest BCUT2D eigenvalue weighted by atomic mass is 16.5. The van der Waals surface area contributed by atoms with Crippen molar-refractivity contribution in [3.63, 3.8) is 0 Å². The number of aromatic amines is 1. The van der Waals surface area contributed by atoms with Crippen LogP contribution in [0.25, 0.3) is 10.9 Å². The monoisotopic (exact) mass is 271 g/mol. The number of H-pyrrole nitrogens is 1. The lowest BCUT2D eigenvalue weighted by Gasteiger charge is -1.93. The number of benzene rings is 1. The number of fused-ring (bicyclic) bond motifs is 1. The Labute approximate surface area is 115 Å². The summed E-state index contributed by atoms with van der Waals surface area (Å²) in [6.07, 6.45) is 0.0483. The molecule has 0 unspecified atom stereocenters. The Morgan fingerprint density at radius 1 is 1.20 bits per heavy atom. The number of rotatable bonds is 2. The predicted molar refractivity (Wildman–Crippen MR) is 73.1 cm³/mol. The van der Waals surface area contributed by atoms with Crippen LogP contribution in [0.3, 0.4) is 0 Å². The summed E-state index contributed by atoms with van der Waals surface area (Å²) in [7, 11) is 2.65. The van der Waals surface area contributed by atoms with E-state index < -0.39 is 5.97 Å². The molecule has 0 spiro atoms. The molecule has 0 aliphatic rings. The van der Waals surface area contributed by atoms with Crippen molar-refractivity contribution >= 4 is 22.8 Å². The van der Waals surface area contributed by atoms with Gasteiger partial charge in [-0.2, -0.15) is 0 Å². The molecule has 0 saturated heterocycles. The summed E-state index contributed by atoms with van der Waals surface area (Å²) in [5.74, 6) is 4.81. The highest BCUT2D eigenvalue weighted by Gasteiger charge is 2.09. The zero-order valence-electron chi connectivity index (χ0n) is 11.1. The van der Waals surface area contributed by atoms with Crippen molar-refractivity contribution in [2.24, 2.45) is 0 Å². The number of ether oxygens (including phenoxy) is 2. The summed E-state index contributed by atoms with van der Waals surface area (Å²) in [6.45, 7) is 0. The molecular weight excluding hydrogens is 258 g/mol. The van der Waals surface area contributed by atoms with Crippen LogP contribution in [0.1, 0.15) is 22.5 Å². The number of aromatic nitrogens is 1. The van der Waals surface area contributed by atoms with Crippen LogP contribution in [0.5, 0.6) is 0 Å². The Balaban J connectivity index is 2.25. The Morgan fingerprint density at radius 2 is 2.00 bits per heavy atom. The molecule has 2 rings (SSSR count). The van der Waals surface area contributed by atoms with Gasteiger partial charge in [-0.15, -0.1) is 0 Å². The zero-order valence-corrected chi connectivity index (χ0v) is 11.1. The van der Waals surface area contributed by atoms with Gasteiger partial charge in [0.1, 0.15) is 12.1 Å². The molecule has 1 aromatic heterocycles. The number of methoxy groups -OCH3 is 2. The zero-order chi connectivity index (χ0) is 14.5. The van der Waals surface area contributed by atoms with Crippen molar-refractivity contribution < 1.29 is 19.1 Å². The minimum absolute atomic E-state index is 0.0483. The molecule has 0 amide bonds. The first-order chi connectivity index (χ1) is 9.63. The van der Waals surface area contributed by atoms with Gasteiger partial charge < -0.3 is 14.5 Å². The first-order valence-electron chi connectivity index (χ1n) is 5.91. The fourth-order valence-corrected chi connectivity index (χ4v) is 1.72. The largest absolute Gasteiger partial charge is 0.468 e. The van der Waals surface area contributed by atoms with Gasteiger partial charge in [-0.25, -0.2) is 4.79 Å². The molecule has 102 valence electrons. The van der Waals surface area contributed by atoms with Crippen molar-refractivity contribution in [3.8, 4) is 11.8 Å². The van der Waals surface area contributed by atoms with E-state index in [4.69, 9.17) is 0 Å². The second-order valence-corrected chi connectivity index (χ2v) is 4.03. The van der Waals surface area contributed by atoms with Crippen LogP contribution in [0, 0.1) is 11.8 Å². The molecular formula is C15H13NO4. The third-order valence-electron chi connectivity index (χ3n) is 2.72. The average Bonchev–Trinajstić information content (AvgIpc) is 2.89. The van der Waals surface area contributed by atoms with Crippen LogP contribution < -0.4 is 0 Å². The topological polar surface area (TPSA) is 68.4 Å². The third kappa shape index (κ3) is 2.98. The maximum atomic E-state index is 11.4. The average molecular weight is 271 g/mol. The minimum atomic E-state index is -0.417. The molecule has 20 heavy (non-hydrogen) atoms. The van der Waals surface area contributed by atoms with E-state index >= 15 is 0 Å². The number of carbonyl (C=O) groups excluding carboxylic acids is 2. The Morgan fingerprint density at radius 3 is 2.70 bits per heavy atom. The molecule has 0 atom stereocenters. The maximum Gasteiger partial charge on any atom is 0.354 e. The van der Waals surface area contributed by atoms with Gasteiger partial charge >= 0.3 is 11.9 Å². The van der Waals surface area contributed by atoms with Gasteiger partial charge in [-0.3, -0.25) is 4.79 Å². The lowest BCUT2D eigenvalue weighted by Crippen LogP contribution is -2.00. The number of carbonyl (C=O) groups is 2. The molecule has 0 aliphatic carbocycles. The maximum absolute atomic E-state index is 11.4. The van der Waals surface area contributed by atoms with Crippen molar-refractivity contribution in [3.05, 3.63) is 35.5 Å². The molecule has 5 nitrogen and oxygen atoms in total. The van der Waals surface area contributed by atoms with Crippen molar-refractivity contribution in [1.82, 2.24) is 4.98 Å². The molecule has 0 radical (unpaired) electrons. The van der Waals surface area contributed by atoms with Crippen molar-refractivity contribution in [2.75, 3.05) is 14.2 Å². The SMILES string of the molecule is COC(=O)CC#Cc1ccc2cc(C(=O)OC)[nH]c2c1. The Hall–Kier alpha value is -2.74. The standard InChI is InChI=1S/C15H13NO4/c1-19-14(17)5-3-4-10-6-7-11-9-13(15(18)20-2)16-12(11)8-10/h6-9,16H,5H2,1-2H3. The molecule has 0 bridgehead atoms. The van der Waals surface area contributed by atoms with E-state index in [9.17, 15) is 9.59 Å². The van der Waals surface area contributed by atoms with E-state index in [1.165, 1.54) is 14.2 Å². The van der Waals surface area contributed by atoms with Crippen LogP contribution in [-0.4, -0.2) is 31.1 Å². The fourth-order valence-electron chi connectivity index (χ4n) is 1.72. The number of nitrogens with one attached hydrogen (secondary N) is 1. The van der Waals surface area contributed by atoms with Crippen LogP contribution in [0.15, 0.2) is 24.3 Å². The Bertz CT molecular complexity index is 718. The van der Waals surface area contributed by atoms with Gasteiger partial charge in [0.25, 0.3) is 0 Å². The molecule has 1 heterocycles. The molecule has 5 heteroatoms. The third-order valence-corrected chi connectivity index (χ3v) is 2.72. The number of hydrogen-bond donors (Lipinski definition) is 1. The molecule has 2 aromatic rings. The smallest absolute Gasteiger partial charge is 0.354 e. The minimum Gasteiger partial charge on any atom is -0.468 e. The van der Waals surface area contributed by atoms with E-state index in [1.807, 2.05) is 18.2 Å². The van der Waals surface area contributed by atoms with Crippen molar-refractivity contribution in [2.45, 2.75) is 6.42 Å². The molecule has 0 saturated carbocycles. The van der Waals surface area contributed by atoms with Gasteiger partial charge in [-0.1, -0.05) is 17.9 Å². The summed E-state index contributed by atoms with van der Waals surface area (Å²) in [6, 6.07) is 7.20. The quantitative estimate of drug-likeness (QED) is 0.668. The summed E-state index contributed by atoms with van der Waals surface area (Å²) in [4.78, 5) is 25.3. The predicted octanol–water partition coefficient (Wildman–Crippen LogP) is 1.87. The second-order valence-electron chi connectivity index (χ2n) is 4.03. The summed E-state index contributed by atoms with van der Waals surface area (Å²) < 4.78 is 9.15. The summed E-state index contributed by atoms with van der Waals surface area (Å²) in [5.41, 5.74) is 1.93. The van der Waals surface area contributed by atoms with E-state index in [2.05, 4.69) is 26.3 Å². The van der Waals surface area contributed by atoms with Crippen LogP contribution in [0.2, 0.25) is 0 Å².